The van der Waals surface area contributed by atoms with Gasteiger partial charge in [-0.25, -0.2) is 13.2 Å². The lowest BCUT2D eigenvalue weighted by atomic mass is 10.1. The quantitative estimate of drug-likeness (QED) is 0.821. The number of alkyl halides is 2. The zero-order valence-electron chi connectivity index (χ0n) is 8.09. The Bertz CT molecular complexity index is 330. The lowest BCUT2D eigenvalue weighted by Gasteiger charge is -2.09. The van der Waals surface area contributed by atoms with E-state index in [9.17, 15) is 13.2 Å². The Morgan fingerprint density at radius 1 is 1.20 bits per heavy atom. The Kier molecular flexibility index (Phi) is 3.91. The van der Waals surface area contributed by atoms with Gasteiger partial charge < -0.3 is 5.73 Å². The van der Waals surface area contributed by atoms with E-state index in [4.69, 9.17) is 5.73 Å². The minimum absolute atomic E-state index is 0.0687. The van der Waals surface area contributed by atoms with Crippen LogP contribution in [-0.2, 0) is 0 Å². The molecule has 0 saturated carbocycles. The first-order chi connectivity index (χ1) is 7.03. The second kappa shape index (κ2) is 4.98. The van der Waals surface area contributed by atoms with Gasteiger partial charge in [0.05, 0.1) is 0 Å². The highest BCUT2D eigenvalue weighted by Crippen LogP contribution is 2.20. The molecule has 0 fully saturated rings. The Morgan fingerprint density at radius 3 is 2.33 bits per heavy atom. The molecule has 0 aliphatic rings. The fraction of sp³-hybridized carbons (Fsp3) is 0.273. The van der Waals surface area contributed by atoms with Crippen molar-refractivity contribution in [2.24, 2.45) is 5.73 Å². The summed E-state index contributed by atoms with van der Waals surface area (Å²) in [5.41, 5.74) is 5.58. The van der Waals surface area contributed by atoms with Crippen molar-refractivity contribution in [3.8, 4) is 0 Å². The topological polar surface area (TPSA) is 26.0 Å². The second-order valence-corrected chi connectivity index (χ2v) is 3.18. The van der Waals surface area contributed by atoms with Gasteiger partial charge in [0.25, 0.3) is 5.92 Å². The van der Waals surface area contributed by atoms with Crippen molar-refractivity contribution in [2.75, 3.05) is 6.54 Å². The largest absolute Gasteiger partial charge is 0.330 e. The maximum Gasteiger partial charge on any atom is 0.268 e. The zero-order valence-corrected chi connectivity index (χ0v) is 8.09. The maximum atomic E-state index is 12.9. The minimum atomic E-state index is -2.90. The van der Waals surface area contributed by atoms with Crippen molar-refractivity contribution in [1.82, 2.24) is 0 Å². The molecule has 0 heterocycles. The molecule has 2 N–H and O–H groups in total. The molecule has 1 aromatic carbocycles. The molecular weight excluding hydrogens is 203 g/mol. The van der Waals surface area contributed by atoms with Crippen LogP contribution >= 0.6 is 0 Å². The Hall–Kier alpha value is -1.29. The molecule has 0 aliphatic heterocycles. The van der Waals surface area contributed by atoms with Gasteiger partial charge in [-0.1, -0.05) is 18.2 Å². The van der Waals surface area contributed by atoms with Crippen LogP contribution in [0.1, 0.15) is 12.0 Å². The second-order valence-electron chi connectivity index (χ2n) is 3.18. The van der Waals surface area contributed by atoms with Crippen LogP contribution in [-0.4, -0.2) is 12.5 Å². The highest BCUT2D eigenvalue weighted by atomic mass is 19.3. The van der Waals surface area contributed by atoms with E-state index >= 15 is 0 Å². The summed E-state index contributed by atoms with van der Waals surface area (Å²) in [5.74, 6) is -3.29. The lowest BCUT2D eigenvalue weighted by molar-refractivity contribution is 0.0493. The van der Waals surface area contributed by atoms with Crippen LogP contribution < -0.4 is 5.73 Å². The molecule has 1 rings (SSSR count). The first kappa shape index (κ1) is 11.8. The third-order valence-electron chi connectivity index (χ3n) is 1.87. The van der Waals surface area contributed by atoms with Gasteiger partial charge >= 0.3 is 0 Å². The first-order valence-electron chi connectivity index (χ1n) is 4.56. The van der Waals surface area contributed by atoms with E-state index in [2.05, 4.69) is 0 Å². The number of hydrogen-bond donors (Lipinski definition) is 1. The normalized spacial score (nSPS) is 12.3. The van der Waals surface area contributed by atoms with Gasteiger partial charge in [0.2, 0.25) is 0 Å². The summed E-state index contributed by atoms with van der Waals surface area (Å²) in [5, 5.41) is 0. The summed E-state index contributed by atoms with van der Waals surface area (Å²) in [7, 11) is 0. The van der Waals surface area contributed by atoms with Crippen LogP contribution in [0.25, 0.3) is 6.08 Å². The number of halogens is 3. The lowest BCUT2D eigenvalue weighted by Crippen LogP contribution is -2.17. The van der Waals surface area contributed by atoms with Gasteiger partial charge in [0, 0.05) is 6.42 Å². The van der Waals surface area contributed by atoms with E-state index in [0.29, 0.717) is 5.56 Å². The Balaban J connectivity index is 2.68. The molecular formula is C11H12F3N. The number of hydrogen-bond acceptors (Lipinski definition) is 1. The molecule has 0 saturated heterocycles. The third-order valence-corrected chi connectivity index (χ3v) is 1.87. The molecule has 82 valence electrons. The first-order valence-corrected chi connectivity index (χ1v) is 4.56. The average molecular weight is 215 g/mol. The number of benzene rings is 1. The monoisotopic (exact) mass is 215 g/mol. The van der Waals surface area contributed by atoms with Crippen molar-refractivity contribution >= 4 is 6.08 Å². The average Bonchev–Trinajstić information content (AvgIpc) is 2.17. The molecule has 0 atom stereocenters. The standard InChI is InChI=1S/C11H12F3N/c12-10-3-1-9(2-4-10)5-6-11(13,14)7-8-15/h1-6H,7-8,15H2/b6-5+. The molecule has 0 amide bonds. The highest BCUT2D eigenvalue weighted by Gasteiger charge is 2.22. The van der Waals surface area contributed by atoms with Gasteiger partial charge in [-0.2, -0.15) is 0 Å². The highest BCUT2D eigenvalue weighted by molar-refractivity contribution is 5.49. The van der Waals surface area contributed by atoms with E-state index in [1.165, 1.54) is 30.3 Å². The van der Waals surface area contributed by atoms with Gasteiger partial charge in [0.1, 0.15) is 5.82 Å². The maximum absolute atomic E-state index is 12.9. The number of nitrogens with two attached hydrogens (primary N) is 1. The summed E-state index contributed by atoms with van der Waals surface area (Å²) >= 11 is 0. The van der Waals surface area contributed by atoms with Crippen LogP contribution in [0.15, 0.2) is 30.3 Å². The summed E-state index contributed by atoms with van der Waals surface area (Å²) < 4.78 is 38.4. The molecule has 0 aromatic heterocycles. The predicted octanol–water partition coefficient (Wildman–Crippen LogP) is 2.82. The number of rotatable bonds is 4. The Labute approximate surface area is 86.4 Å². The van der Waals surface area contributed by atoms with E-state index in [-0.39, 0.29) is 18.8 Å². The predicted molar refractivity (Wildman–Crippen MR) is 54.1 cm³/mol. The van der Waals surface area contributed by atoms with Crippen LogP contribution in [0, 0.1) is 5.82 Å². The molecule has 1 nitrogen and oxygen atoms in total. The smallest absolute Gasteiger partial charge is 0.268 e. The SMILES string of the molecule is NCCC(F)(F)/C=C/c1ccc(F)cc1. The molecule has 0 unspecified atom stereocenters. The van der Waals surface area contributed by atoms with Gasteiger partial charge in [-0.15, -0.1) is 0 Å². The summed E-state index contributed by atoms with van der Waals surface area (Å²) in [6.07, 6.45) is 1.66. The van der Waals surface area contributed by atoms with E-state index < -0.39 is 5.92 Å². The number of allylic oxidation sites excluding steroid dienone is 1. The van der Waals surface area contributed by atoms with Crippen molar-refractivity contribution in [2.45, 2.75) is 12.3 Å². The van der Waals surface area contributed by atoms with Gasteiger partial charge in [-0.3, -0.25) is 0 Å². The van der Waals surface area contributed by atoms with Crippen LogP contribution in [0.5, 0.6) is 0 Å². The van der Waals surface area contributed by atoms with E-state index in [1.54, 1.807) is 0 Å². The zero-order chi connectivity index (χ0) is 11.3. The molecule has 4 heteroatoms. The Morgan fingerprint density at radius 2 is 1.80 bits per heavy atom. The molecule has 1 aromatic rings. The molecule has 0 aliphatic carbocycles. The van der Waals surface area contributed by atoms with Gasteiger partial charge in [0.15, 0.2) is 0 Å². The van der Waals surface area contributed by atoms with Crippen LogP contribution in [0.2, 0.25) is 0 Å². The fourth-order valence-corrected chi connectivity index (χ4v) is 1.07. The molecule has 0 bridgehead atoms. The van der Waals surface area contributed by atoms with Gasteiger partial charge in [-0.05, 0) is 30.3 Å². The summed E-state index contributed by atoms with van der Waals surface area (Å²) in [6.45, 7) is -0.0687. The van der Waals surface area contributed by atoms with Crippen molar-refractivity contribution in [1.29, 1.82) is 0 Å². The summed E-state index contributed by atoms with van der Waals surface area (Å²) in [6, 6.07) is 5.32. The van der Waals surface area contributed by atoms with Crippen molar-refractivity contribution in [3.63, 3.8) is 0 Å². The van der Waals surface area contributed by atoms with Crippen LogP contribution in [0.3, 0.4) is 0 Å². The van der Waals surface area contributed by atoms with Crippen LogP contribution in [0.4, 0.5) is 13.2 Å². The summed E-state index contributed by atoms with van der Waals surface area (Å²) in [4.78, 5) is 0. The fourth-order valence-electron chi connectivity index (χ4n) is 1.07. The van der Waals surface area contributed by atoms with Crippen molar-refractivity contribution < 1.29 is 13.2 Å². The third kappa shape index (κ3) is 4.16. The minimum Gasteiger partial charge on any atom is -0.330 e. The molecule has 0 spiro atoms. The van der Waals surface area contributed by atoms with E-state index in [1.807, 2.05) is 0 Å². The molecule has 0 radical (unpaired) electrons. The van der Waals surface area contributed by atoms with Crippen molar-refractivity contribution in [3.05, 3.63) is 41.7 Å². The van der Waals surface area contributed by atoms with E-state index in [0.717, 1.165) is 6.08 Å². The molecule has 15 heavy (non-hydrogen) atoms.